The summed E-state index contributed by atoms with van der Waals surface area (Å²) in [5.41, 5.74) is 1.21. The van der Waals surface area contributed by atoms with Crippen LogP contribution in [0, 0.1) is 0 Å². The lowest BCUT2D eigenvalue weighted by molar-refractivity contribution is -0.118. The van der Waals surface area contributed by atoms with Gasteiger partial charge in [0.05, 0.1) is 12.0 Å². The van der Waals surface area contributed by atoms with Gasteiger partial charge in [-0.3, -0.25) is 13.9 Å². The van der Waals surface area contributed by atoms with Crippen molar-refractivity contribution in [3.63, 3.8) is 0 Å². The number of likely N-dealkylation sites (tertiary alicyclic amines) is 1. The average molecular weight is 432 g/mol. The molecule has 1 N–H and O–H groups in total. The van der Waals surface area contributed by atoms with Crippen molar-refractivity contribution in [3.05, 3.63) is 60.2 Å². The molecule has 8 heteroatoms. The number of aromatic nitrogens is 1. The molecule has 3 rings (SSSR count). The number of carbonyl (C=O) groups excluding carboxylic acids is 1. The zero-order valence-corrected chi connectivity index (χ0v) is 17.9. The highest BCUT2D eigenvalue weighted by atomic mass is 32.2. The number of amides is 1. The molecular weight excluding hydrogens is 402 g/mol. The molecule has 0 unspecified atom stereocenters. The highest BCUT2D eigenvalue weighted by Gasteiger charge is 2.11. The molecule has 30 heavy (non-hydrogen) atoms. The molecule has 0 aliphatic carbocycles. The van der Waals surface area contributed by atoms with Crippen molar-refractivity contribution in [1.82, 2.24) is 15.2 Å². The Morgan fingerprint density at radius 1 is 1.27 bits per heavy atom. The number of rotatable bonds is 11. The van der Waals surface area contributed by atoms with Crippen LogP contribution in [-0.4, -0.2) is 52.0 Å². The number of furan rings is 1. The highest BCUT2D eigenvalue weighted by Crippen LogP contribution is 2.15. The molecule has 1 atom stereocenters. The molecule has 0 bridgehead atoms. The second-order valence-electron chi connectivity index (χ2n) is 7.23. The van der Waals surface area contributed by atoms with Gasteiger partial charge in [0, 0.05) is 36.2 Å². The Hall–Kier alpha value is -2.45. The van der Waals surface area contributed by atoms with Gasteiger partial charge in [0.1, 0.15) is 18.1 Å². The standard InChI is InChI=1S/C22H29N3O4S/c26-21(18-30(27)17-20-7-6-14-28-20)23-9-2-5-13-29-22-15-19(8-10-24-22)16-25-11-3-1-4-12-25/h2,5-8,10,14-15H,1,3-4,9,11-13,16-18H2,(H,23,26)/b5-2-/t30-/m1/s1. The minimum Gasteiger partial charge on any atom is -0.473 e. The molecule has 3 heterocycles. The van der Waals surface area contributed by atoms with Crippen molar-refractivity contribution in [3.8, 4) is 5.88 Å². The summed E-state index contributed by atoms with van der Waals surface area (Å²) in [6.07, 6.45) is 10.8. The van der Waals surface area contributed by atoms with Crippen LogP contribution in [0.3, 0.4) is 0 Å². The van der Waals surface area contributed by atoms with Crippen molar-refractivity contribution in [2.75, 3.05) is 32.0 Å². The summed E-state index contributed by atoms with van der Waals surface area (Å²) >= 11 is 0. The van der Waals surface area contributed by atoms with E-state index in [9.17, 15) is 9.00 Å². The number of ether oxygens (including phenoxy) is 1. The molecule has 0 saturated carbocycles. The van der Waals surface area contributed by atoms with Crippen LogP contribution in [0.5, 0.6) is 5.88 Å². The van der Waals surface area contributed by atoms with Crippen LogP contribution in [0.15, 0.2) is 53.3 Å². The summed E-state index contributed by atoms with van der Waals surface area (Å²) in [7, 11) is -1.28. The van der Waals surface area contributed by atoms with Crippen LogP contribution in [-0.2, 0) is 27.9 Å². The minimum absolute atomic E-state index is 0.0429. The zero-order chi connectivity index (χ0) is 21.0. The van der Waals surface area contributed by atoms with Gasteiger partial charge in [-0.1, -0.05) is 12.5 Å². The van der Waals surface area contributed by atoms with Crippen molar-refractivity contribution >= 4 is 16.7 Å². The normalized spacial score (nSPS) is 15.9. The van der Waals surface area contributed by atoms with Gasteiger partial charge in [-0.05, 0) is 55.8 Å². The molecule has 0 radical (unpaired) electrons. The molecule has 2 aromatic heterocycles. The largest absolute Gasteiger partial charge is 0.473 e. The first-order valence-corrected chi connectivity index (χ1v) is 11.8. The Kier molecular flexibility index (Phi) is 9.11. The first kappa shape index (κ1) is 22.2. The van der Waals surface area contributed by atoms with Gasteiger partial charge in [0.15, 0.2) is 0 Å². The molecule has 2 aromatic rings. The van der Waals surface area contributed by atoms with E-state index in [-0.39, 0.29) is 17.4 Å². The third-order valence-corrected chi connectivity index (χ3v) is 5.93. The predicted octanol–water partition coefficient (Wildman–Crippen LogP) is 2.66. The Morgan fingerprint density at radius 3 is 2.93 bits per heavy atom. The van der Waals surface area contributed by atoms with Gasteiger partial charge in [-0.15, -0.1) is 0 Å². The second-order valence-corrected chi connectivity index (χ2v) is 8.69. The molecule has 7 nitrogen and oxygen atoms in total. The molecular formula is C22H29N3O4S. The highest BCUT2D eigenvalue weighted by molar-refractivity contribution is 7.84. The average Bonchev–Trinajstić information content (AvgIpc) is 3.24. The molecule has 0 aromatic carbocycles. The Morgan fingerprint density at radius 2 is 2.13 bits per heavy atom. The Bertz CT molecular complexity index is 833. The number of piperidine rings is 1. The van der Waals surface area contributed by atoms with E-state index in [1.807, 2.05) is 24.3 Å². The summed E-state index contributed by atoms with van der Waals surface area (Å²) in [4.78, 5) is 18.5. The van der Waals surface area contributed by atoms with Crippen LogP contribution in [0.4, 0.5) is 0 Å². The number of nitrogens with one attached hydrogen (secondary N) is 1. The summed E-state index contributed by atoms with van der Waals surface area (Å²) in [6, 6.07) is 7.50. The monoisotopic (exact) mass is 431 g/mol. The van der Waals surface area contributed by atoms with Gasteiger partial charge in [-0.2, -0.15) is 0 Å². The van der Waals surface area contributed by atoms with Crippen molar-refractivity contribution in [1.29, 1.82) is 0 Å². The number of hydrogen-bond donors (Lipinski definition) is 1. The molecule has 0 spiro atoms. The molecule has 162 valence electrons. The number of hydrogen-bond acceptors (Lipinski definition) is 6. The fraction of sp³-hybridized carbons (Fsp3) is 0.455. The molecule has 1 aliphatic rings. The number of carbonyl (C=O) groups is 1. The maximum atomic E-state index is 11.9. The van der Waals surface area contributed by atoms with Gasteiger partial charge >= 0.3 is 0 Å². The minimum atomic E-state index is -1.28. The quantitative estimate of drug-likeness (QED) is 0.551. The lowest BCUT2D eigenvalue weighted by atomic mass is 10.1. The maximum Gasteiger partial charge on any atom is 0.232 e. The Labute approximate surface area is 180 Å². The van der Waals surface area contributed by atoms with Crippen LogP contribution in [0.25, 0.3) is 0 Å². The Balaban J connectivity index is 1.30. The van der Waals surface area contributed by atoms with E-state index >= 15 is 0 Å². The van der Waals surface area contributed by atoms with Gasteiger partial charge in [-0.25, -0.2) is 4.98 Å². The third kappa shape index (κ3) is 8.12. The second kappa shape index (κ2) is 12.3. The van der Waals surface area contributed by atoms with E-state index in [4.69, 9.17) is 9.15 Å². The zero-order valence-electron chi connectivity index (χ0n) is 17.1. The van der Waals surface area contributed by atoms with Crippen LogP contribution >= 0.6 is 0 Å². The van der Waals surface area contributed by atoms with Crippen molar-refractivity contribution < 1.29 is 18.2 Å². The SMILES string of the molecule is O=C(C[S@](=O)Cc1ccco1)NC/C=C\COc1cc(CN2CCCCC2)ccn1. The molecule has 1 aliphatic heterocycles. The lowest BCUT2D eigenvalue weighted by Gasteiger charge is -2.26. The molecule has 1 amide bonds. The van der Waals surface area contributed by atoms with E-state index in [1.54, 1.807) is 18.3 Å². The summed E-state index contributed by atoms with van der Waals surface area (Å²) < 4.78 is 22.7. The number of nitrogens with zero attached hydrogens (tertiary/aromatic N) is 2. The number of pyridine rings is 1. The fourth-order valence-corrected chi connectivity index (χ4v) is 4.24. The summed E-state index contributed by atoms with van der Waals surface area (Å²) in [5.74, 6) is 1.17. The van der Waals surface area contributed by atoms with E-state index in [2.05, 4.69) is 15.2 Å². The van der Waals surface area contributed by atoms with E-state index < -0.39 is 10.8 Å². The van der Waals surface area contributed by atoms with Crippen LogP contribution < -0.4 is 10.1 Å². The van der Waals surface area contributed by atoms with E-state index in [1.165, 1.54) is 31.1 Å². The van der Waals surface area contributed by atoms with Crippen molar-refractivity contribution in [2.45, 2.75) is 31.6 Å². The third-order valence-electron chi connectivity index (χ3n) is 4.74. The van der Waals surface area contributed by atoms with Gasteiger partial charge < -0.3 is 14.5 Å². The predicted molar refractivity (Wildman–Crippen MR) is 116 cm³/mol. The van der Waals surface area contributed by atoms with Gasteiger partial charge in [0.2, 0.25) is 11.8 Å². The maximum absolute atomic E-state index is 11.9. The van der Waals surface area contributed by atoms with Crippen molar-refractivity contribution in [2.24, 2.45) is 0 Å². The van der Waals surface area contributed by atoms with Crippen LogP contribution in [0.2, 0.25) is 0 Å². The first-order valence-electron chi connectivity index (χ1n) is 10.3. The smallest absolute Gasteiger partial charge is 0.232 e. The van der Waals surface area contributed by atoms with E-state index in [0.29, 0.717) is 24.8 Å². The topological polar surface area (TPSA) is 84.7 Å². The summed E-state index contributed by atoms with van der Waals surface area (Å²) in [6.45, 7) is 3.98. The molecule has 1 fully saturated rings. The summed E-state index contributed by atoms with van der Waals surface area (Å²) in [5, 5.41) is 2.72. The van der Waals surface area contributed by atoms with E-state index in [0.717, 1.165) is 19.6 Å². The fourth-order valence-electron chi connectivity index (χ4n) is 3.26. The van der Waals surface area contributed by atoms with Crippen LogP contribution in [0.1, 0.15) is 30.6 Å². The molecule has 1 saturated heterocycles. The van der Waals surface area contributed by atoms with Gasteiger partial charge in [0.25, 0.3) is 0 Å². The lowest BCUT2D eigenvalue weighted by Crippen LogP contribution is -2.29. The first-order chi connectivity index (χ1) is 14.7.